The van der Waals surface area contributed by atoms with Crippen molar-refractivity contribution in [1.29, 1.82) is 0 Å². The van der Waals surface area contributed by atoms with Gasteiger partial charge < -0.3 is 5.73 Å². The molecule has 0 aromatic heterocycles. The molecule has 0 unspecified atom stereocenters. The molecule has 0 radical (unpaired) electrons. The minimum absolute atomic E-state index is 0.0697. The van der Waals surface area contributed by atoms with Crippen LogP contribution in [-0.2, 0) is 6.54 Å². The second-order valence-electron chi connectivity index (χ2n) is 3.49. The summed E-state index contributed by atoms with van der Waals surface area (Å²) in [5.41, 5.74) is 6.49. The van der Waals surface area contributed by atoms with Crippen molar-refractivity contribution in [1.82, 2.24) is 0 Å². The van der Waals surface area contributed by atoms with E-state index in [1.807, 2.05) is 18.2 Å². The number of rotatable bonds is 2. The molecule has 0 spiro atoms. The highest BCUT2D eigenvalue weighted by Crippen LogP contribution is 2.23. The number of hydrogen-bond donors (Lipinski definition) is 1. The van der Waals surface area contributed by atoms with Gasteiger partial charge in [-0.3, -0.25) is 0 Å². The van der Waals surface area contributed by atoms with Crippen LogP contribution in [0.25, 0.3) is 11.1 Å². The first-order valence-corrected chi connectivity index (χ1v) is 4.96. The molecule has 82 valence electrons. The highest BCUT2D eigenvalue weighted by Gasteiger charge is 2.10. The van der Waals surface area contributed by atoms with E-state index < -0.39 is 11.6 Å². The van der Waals surface area contributed by atoms with Gasteiger partial charge >= 0.3 is 0 Å². The zero-order chi connectivity index (χ0) is 11.5. The molecule has 0 aliphatic carbocycles. The van der Waals surface area contributed by atoms with Crippen molar-refractivity contribution in [3.63, 3.8) is 0 Å². The van der Waals surface area contributed by atoms with Crippen LogP contribution in [0.2, 0.25) is 0 Å². The van der Waals surface area contributed by atoms with Crippen LogP contribution in [0.3, 0.4) is 0 Å². The SMILES string of the molecule is NCc1c(F)cc(-c2ccccc2)cc1F. The molecule has 0 amide bonds. The highest BCUT2D eigenvalue weighted by molar-refractivity contribution is 5.63. The molecule has 0 atom stereocenters. The quantitative estimate of drug-likeness (QED) is 0.825. The molecule has 0 saturated heterocycles. The summed E-state index contributed by atoms with van der Waals surface area (Å²) in [5.74, 6) is -1.19. The lowest BCUT2D eigenvalue weighted by Crippen LogP contribution is -2.03. The van der Waals surface area contributed by atoms with Gasteiger partial charge in [0.2, 0.25) is 0 Å². The van der Waals surface area contributed by atoms with Crippen molar-refractivity contribution in [2.45, 2.75) is 6.54 Å². The van der Waals surface area contributed by atoms with Gasteiger partial charge in [0.1, 0.15) is 11.6 Å². The molecule has 0 saturated carbocycles. The Morgan fingerprint density at radius 2 is 1.44 bits per heavy atom. The van der Waals surface area contributed by atoms with E-state index in [0.29, 0.717) is 5.56 Å². The van der Waals surface area contributed by atoms with E-state index in [1.54, 1.807) is 12.1 Å². The number of halogens is 2. The second-order valence-corrected chi connectivity index (χ2v) is 3.49. The maximum absolute atomic E-state index is 13.5. The maximum Gasteiger partial charge on any atom is 0.131 e. The Kier molecular flexibility index (Phi) is 2.97. The summed E-state index contributed by atoms with van der Waals surface area (Å²) in [6, 6.07) is 11.7. The predicted molar refractivity (Wildman–Crippen MR) is 59.7 cm³/mol. The predicted octanol–water partition coefficient (Wildman–Crippen LogP) is 3.09. The molecule has 0 aliphatic rings. The van der Waals surface area contributed by atoms with Gasteiger partial charge in [-0.05, 0) is 23.3 Å². The Morgan fingerprint density at radius 3 is 1.94 bits per heavy atom. The smallest absolute Gasteiger partial charge is 0.131 e. The van der Waals surface area contributed by atoms with E-state index in [-0.39, 0.29) is 12.1 Å². The summed E-state index contributed by atoms with van der Waals surface area (Å²) in [6.45, 7) is -0.132. The zero-order valence-corrected chi connectivity index (χ0v) is 8.58. The first-order valence-electron chi connectivity index (χ1n) is 4.96. The third-order valence-electron chi connectivity index (χ3n) is 2.45. The Balaban J connectivity index is 2.53. The van der Waals surface area contributed by atoms with Gasteiger partial charge in [0.25, 0.3) is 0 Å². The van der Waals surface area contributed by atoms with Crippen molar-refractivity contribution < 1.29 is 8.78 Å². The van der Waals surface area contributed by atoms with Crippen LogP contribution in [0.1, 0.15) is 5.56 Å². The van der Waals surface area contributed by atoms with E-state index in [4.69, 9.17) is 5.73 Å². The molecule has 0 heterocycles. The standard InChI is InChI=1S/C13H11F2N/c14-12-6-10(7-13(15)11(12)8-16)9-4-2-1-3-5-9/h1-7H,8,16H2. The molecule has 0 fully saturated rings. The normalized spacial score (nSPS) is 10.4. The second kappa shape index (κ2) is 4.41. The van der Waals surface area contributed by atoms with Crippen LogP contribution in [0.15, 0.2) is 42.5 Å². The fraction of sp³-hybridized carbons (Fsp3) is 0.0769. The summed E-state index contributed by atoms with van der Waals surface area (Å²) >= 11 is 0. The average Bonchev–Trinajstić information content (AvgIpc) is 2.30. The van der Waals surface area contributed by atoms with Crippen molar-refractivity contribution >= 4 is 0 Å². The van der Waals surface area contributed by atoms with Gasteiger partial charge in [-0.25, -0.2) is 8.78 Å². The van der Waals surface area contributed by atoms with Crippen LogP contribution in [0.5, 0.6) is 0 Å². The maximum atomic E-state index is 13.5. The molecule has 0 bridgehead atoms. The number of nitrogens with two attached hydrogens (primary N) is 1. The first-order chi connectivity index (χ1) is 7.72. The highest BCUT2D eigenvalue weighted by atomic mass is 19.1. The van der Waals surface area contributed by atoms with Crippen LogP contribution in [-0.4, -0.2) is 0 Å². The van der Waals surface area contributed by atoms with Gasteiger partial charge in [-0.15, -0.1) is 0 Å². The van der Waals surface area contributed by atoms with Crippen LogP contribution in [0, 0.1) is 11.6 Å². The summed E-state index contributed by atoms with van der Waals surface area (Å²) in [5, 5.41) is 0. The third kappa shape index (κ3) is 1.95. The van der Waals surface area contributed by atoms with Crippen molar-refractivity contribution in [3.05, 3.63) is 59.7 Å². The molecule has 2 aromatic carbocycles. The van der Waals surface area contributed by atoms with Crippen molar-refractivity contribution in [3.8, 4) is 11.1 Å². The van der Waals surface area contributed by atoms with Crippen molar-refractivity contribution in [2.24, 2.45) is 5.73 Å². The Labute approximate surface area is 92.5 Å². The van der Waals surface area contributed by atoms with Gasteiger partial charge in [0.15, 0.2) is 0 Å². The molecule has 1 nitrogen and oxygen atoms in total. The monoisotopic (exact) mass is 219 g/mol. The summed E-state index contributed by atoms with van der Waals surface area (Å²) in [4.78, 5) is 0. The van der Waals surface area contributed by atoms with Crippen LogP contribution >= 0.6 is 0 Å². The summed E-state index contributed by atoms with van der Waals surface area (Å²) in [7, 11) is 0. The lowest BCUT2D eigenvalue weighted by atomic mass is 10.0. The van der Waals surface area contributed by atoms with Gasteiger partial charge in [-0.2, -0.15) is 0 Å². The summed E-state index contributed by atoms with van der Waals surface area (Å²) < 4.78 is 27.0. The van der Waals surface area contributed by atoms with E-state index in [2.05, 4.69) is 0 Å². The molecule has 16 heavy (non-hydrogen) atoms. The number of benzene rings is 2. The molecule has 2 N–H and O–H groups in total. The zero-order valence-electron chi connectivity index (χ0n) is 8.58. The lowest BCUT2D eigenvalue weighted by molar-refractivity contribution is 0.558. The Morgan fingerprint density at radius 1 is 0.875 bits per heavy atom. The minimum atomic E-state index is -0.596. The molecule has 2 rings (SSSR count). The van der Waals surface area contributed by atoms with Gasteiger partial charge in [0, 0.05) is 12.1 Å². The minimum Gasteiger partial charge on any atom is -0.326 e. The summed E-state index contributed by atoms with van der Waals surface area (Å²) in [6.07, 6.45) is 0. The van der Waals surface area contributed by atoms with Crippen LogP contribution < -0.4 is 5.73 Å². The molecular formula is C13H11F2N. The van der Waals surface area contributed by atoms with E-state index in [1.165, 1.54) is 12.1 Å². The number of hydrogen-bond acceptors (Lipinski definition) is 1. The molecule has 0 aliphatic heterocycles. The lowest BCUT2D eigenvalue weighted by Gasteiger charge is -2.06. The van der Waals surface area contributed by atoms with Crippen molar-refractivity contribution in [2.75, 3.05) is 0 Å². The largest absolute Gasteiger partial charge is 0.326 e. The van der Waals surface area contributed by atoms with E-state index in [0.717, 1.165) is 5.56 Å². The van der Waals surface area contributed by atoms with Crippen LogP contribution in [0.4, 0.5) is 8.78 Å². The molecule has 2 aromatic rings. The van der Waals surface area contributed by atoms with E-state index >= 15 is 0 Å². The first kappa shape index (κ1) is 10.8. The van der Waals surface area contributed by atoms with Gasteiger partial charge in [-0.1, -0.05) is 30.3 Å². The topological polar surface area (TPSA) is 26.0 Å². The van der Waals surface area contributed by atoms with E-state index in [9.17, 15) is 8.78 Å². The van der Waals surface area contributed by atoms with Gasteiger partial charge in [0.05, 0.1) is 0 Å². The Bertz CT molecular complexity index is 472. The molecule has 3 heteroatoms. The fourth-order valence-electron chi connectivity index (χ4n) is 1.60. The molecular weight excluding hydrogens is 208 g/mol. The average molecular weight is 219 g/mol. The Hall–Kier alpha value is -1.74. The fourth-order valence-corrected chi connectivity index (χ4v) is 1.60. The third-order valence-corrected chi connectivity index (χ3v) is 2.45.